The number of hydrogen-bond donors (Lipinski definition) is 0. The third-order valence-corrected chi connectivity index (χ3v) is 10.7. The van der Waals surface area contributed by atoms with Crippen molar-refractivity contribution in [2.45, 2.75) is 19.3 Å². The number of nitrogens with zero attached hydrogens (tertiary/aromatic N) is 4. The van der Waals surface area contributed by atoms with Crippen LogP contribution in [0.2, 0.25) is 0 Å². The van der Waals surface area contributed by atoms with E-state index in [1.165, 1.54) is 33.0 Å². The number of aromatic nitrogens is 4. The van der Waals surface area contributed by atoms with Gasteiger partial charge in [0.15, 0.2) is 17.5 Å². The smallest absolute Gasteiger partial charge is 0.166 e. The zero-order chi connectivity index (χ0) is 34.8. The normalized spacial score (nSPS) is 13.0. The van der Waals surface area contributed by atoms with E-state index in [4.69, 9.17) is 15.0 Å². The van der Waals surface area contributed by atoms with E-state index in [9.17, 15) is 0 Å². The quantitative estimate of drug-likeness (QED) is 0.184. The summed E-state index contributed by atoms with van der Waals surface area (Å²) in [6.07, 6.45) is 0. The first-order valence-corrected chi connectivity index (χ1v) is 17.8. The largest absolute Gasteiger partial charge is 0.308 e. The standard InChI is InChI=1S/C48H34N4/c1-48(2)40-27-14-12-23-35(40)38-29-39-36-24-13-15-28-42(36)52(43(39)30-41(38)48)44-34(31-17-6-3-7-18-31)25-16-26-37(44)47-50-45(32-19-8-4-9-20-32)49-46(51-47)33-21-10-5-11-22-33/h3-30H,1-2H3. The Hall–Kier alpha value is -6.65. The molecule has 0 unspecified atom stereocenters. The molecule has 0 amide bonds. The Morgan fingerprint density at radius 1 is 0.385 bits per heavy atom. The molecule has 2 aromatic heterocycles. The van der Waals surface area contributed by atoms with Crippen LogP contribution >= 0.6 is 0 Å². The molecule has 9 aromatic rings. The molecule has 7 aromatic carbocycles. The summed E-state index contributed by atoms with van der Waals surface area (Å²) in [6, 6.07) is 60.0. The molecule has 0 radical (unpaired) electrons. The average molecular weight is 667 g/mol. The Labute approximate surface area is 302 Å². The fraction of sp³-hybridized carbons (Fsp3) is 0.0625. The molecule has 0 saturated heterocycles. The molecular weight excluding hydrogens is 633 g/mol. The van der Waals surface area contributed by atoms with Crippen molar-refractivity contribution in [1.29, 1.82) is 0 Å². The number of fused-ring (bicyclic) bond motifs is 6. The highest BCUT2D eigenvalue weighted by Crippen LogP contribution is 2.51. The van der Waals surface area contributed by atoms with Crippen LogP contribution in [0.1, 0.15) is 25.0 Å². The lowest BCUT2D eigenvalue weighted by Gasteiger charge is -2.22. The Morgan fingerprint density at radius 3 is 1.62 bits per heavy atom. The van der Waals surface area contributed by atoms with Crippen LogP contribution in [-0.4, -0.2) is 19.5 Å². The maximum absolute atomic E-state index is 5.24. The zero-order valence-electron chi connectivity index (χ0n) is 29.0. The molecule has 0 bridgehead atoms. The first-order valence-electron chi connectivity index (χ1n) is 17.8. The van der Waals surface area contributed by atoms with Gasteiger partial charge in [-0.3, -0.25) is 0 Å². The second-order valence-electron chi connectivity index (χ2n) is 14.0. The minimum atomic E-state index is -0.146. The molecule has 52 heavy (non-hydrogen) atoms. The predicted molar refractivity (Wildman–Crippen MR) is 213 cm³/mol. The molecule has 0 aliphatic heterocycles. The van der Waals surface area contributed by atoms with Gasteiger partial charge in [-0.2, -0.15) is 0 Å². The topological polar surface area (TPSA) is 43.6 Å². The summed E-state index contributed by atoms with van der Waals surface area (Å²) in [4.78, 5) is 15.5. The van der Waals surface area contributed by atoms with E-state index in [-0.39, 0.29) is 5.41 Å². The van der Waals surface area contributed by atoms with Crippen molar-refractivity contribution in [2.24, 2.45) is 0 Å². The van der Waals surface area contributed by atoms with Crippen LogP contribution in [0, 0.1) is 0 Å². The first-order chi connectivity index (χ1) is 25.6. The van der Waals surface area contributed by atoms with E-state index in [0.717, 1.165) is 44.5 Å². The van der Waals surface area contributed by atoms with Crippen molar-refractivity contribution in [2.75, 3.05) is 0 Å². The minimum Gasteiger partial charge on any atom is -0.308 e. The van der Waals surface area contributed by atoms with E-state index in [1.54, 1.807) is 0 Å². The third kappa shape index (κ3) is 4.65. The summed E-state index contributed by atoms with van der Waals surface area (Å²) < 4.78 is 2.45. The predicted octanol–water partition coefficient (Wildman–Crippen LogP) is 11.9. The Bertz CT molecular complexity index is 2740. The highest BCUT2D eigenvalue weighted by Gasteiger charge is 2.36. The van der Waals surface area contributed by atoms with Crippen LogP contribution in [0.4, 0.5) is 0 Å². The number of rotatable bonds is 5. The van der Waals surface area contributed by atoms with Gasteiger partial charge < -0.3 is 4.57 Å². The van der Waals surface area contributed by atoms with E-state index < -0.39 is 0 Å². The van der Waals surface area contributed by atoms with E-state index in [2.05, 4.69) is 152 Å². The summed E-state index contributed by atoms with van der Waals surface area (Å²) in [5.74, 6) is 1.90. The molecule has 0 saturated carbocycles. The average Bonchev–Trinajstić information content (AvgIpc) is 3.65. The van der Waals surface area contributed by atoms with Crippen molar-refractivity contribution in [3.63, 3.8) is 0 Å². The lowest BCUT2D eigenvalue weighted by Crippen LogP contribution is -2.15. The van der Waals surface area contributed by atoms with Crippen LogP contribution in [-0.2, 0) is 5.41 Å². The number of para-hydroxylation sites is 2. The lowest BCUT2D eigenvalue weighted by molar-refractivity contribution is 0.661. The van der Waals surface area contributed by atoms with Crippen LogP contribution in [0.3, 0.4) is 0 Å². The summed E-state index contributed by atoms with van der Waals surface area (Å²) in [6.45, 7) is 4.70. The van der Waals surface area contributed by atoms with Crippen LogP contribution < -0.4 is 0 Å². The van der Waals surface area contributed by atoms with E-state index in [1.807, 2.05) is 36.4 Å². The number of hydrogen-bond acceptors (Lipinski definition) is 3. The number of benzene rings is 7. The fourth-order valence-corrected chi connectivity index (χ4v) is 8.15. The Kier molecular flexibility index (Phi) is 6.80. The highest BCUT2D eigenvalue weighted by molar-refractivity contribution is 6.12. The van der Waals surface area contributed by atoms with Crippen molar-refractivity contribution >= 4 is 21.8 Å². The van der Waals surface area contributed by atoms with Gasteiger partial charge in [-0.1, -0.05) is 159 Å². The summed E-state index contributed by atoms with van der Waals surface area (Å²) >= 11 is 0. The Balaban J connectivity index is 1.33. The van der Waals surface area contributed by atoms with Gasteiger partial charge in [0.2, 0.25) is 0 Å². The highest BCUT2D eigenvalue weighted by atomic mass is 15.1. The zero-order valence-corrected chi connectivity index (χ0v) is 29.0. The van der Waals surface area contributed by atoms with Gasteiger partial charge >= 0.3 is 0 Å². The maximum atomic E-state index is 5.24. The van der Waals surface area contributed by atoms with Gasteiger partial charge in [0, 0.05) is 38.4 Å². The molecule has 0 N–H and O–H groups in total. The van der Waals surface area contributed by atoms with Crippen molar-refractivity contribution in [1.82, 2.24) is 19.5 Å². The van der Waals surface area contributed by atoms with Crippen molar-refractivity contribution in [3.05, 3.63) is 181 Å². The van der Waals surface area contributed by atoms with Crippen LogP contribution in [0.15, 0.2) is 170 Å². The molecule has 0 spiro atoms. The van der Waals surface area contributed by atoms with Crippen molar-refractivity contribution < 1.29 is 0 Å². The molecule has 246 valence electrons. The molecule has 4 nitrogen and oxygen atoms in total. The van der Waals surface area contributed by atoms with E-state index >= 15 is 0 Å². The molecule has 0 fully saturated rings. The molecule has 4 heteroatoms. The van der Waals surface area contributed by atoms with Crippen LogP contribution in [0.5, 0.6) is 0 Å². The van der Waals surface area contributed by atoms with Crippen LogP contribution in [0.25, 0.3) is 83.9 Å². The monoisotopic (exact) mass is 666 g/mol. The minimum absolute atomic E-state index is 0.146. The molecule has 10 rings (SSSR count). The van der Waals surface area contributed by atoms with Gasteiger partial charge in [0.05, 0.1) is 16.7 Å². The molecule has 1 aliphatic carbocycles. The lowest BCUT2D eigenvalue weighted by atomic mass is 9.82. The van der Waals surface area contributed by atoms with Crippen molar-refractivity contribution in [3.8, 4) is 62.1 Å². The summed E-state index contributed by atoms with van der Waals surface area (Å²) in [5.41, 5.74) is 13.6. The van der Waals surface area contributed by atoms with E-state index in [0.29, 0.717) is 17.5 Å². The van der Waals surface area contributed by atoms with Gasteiger partial charge in [-0.05, 0) is 52.1 Å². The molecule has 1 aliphatic rings. The fourth-order valence-electron chi connectivity index (χ4n) is 8.15. The molecular formula is C48H34N4. The molecule has 2 heterocycles. The third-order valence-electron chi connectivity index (χ3n) is 10.7. The summed E-state index contributed by atoms with van der Waals surface area (Å²) in [7, 11) is 0. The van der Waals surface area contributed by atoms with Gasteiger partial charge in [-0.25, -0.2) is 15.0 Å². The van der Waals surface area contributed by atoms with Gasteiger partial charge in [-0.15, -0.1) is 0 Å². The Morgan fingerprint density at radius 2 is 0.923 bits per heavy atom. The SMILES string of the molecule is CC1(C)c2ccccc2-c2cc3c4ccccc4n(-c4c(-c5ccccc5)cccc4-c4nc(-c5ccccc5)nc(-c5ccccc5)n4)c3cc21. The summed E-state index contributed by atoms with van der Waals surface area (Å²) in [5, 5.41) is 2.43. The van der Waals surface area contributed by atoms with Gasteiger partial charge in [0.1, 0.15) is 0 Å². The maximum Gasteiger partial charge on any atom is 0.166 e. The second kappa shape index (κ2) is 11.7. The second-order valence-corrected chi connectivity index (χ2v) is 14.0. The first kappa shape index (κ1) is 30.2. The molecule has 0 atom stereocenters. The van der Waals surface area contributed by atoms with Gasteiger partial charge in [0.25, 0.3) is 0 Å².